The van der Waals surface area contributed by atoms with Crippen molar-refractivity contribution in [3.8, 4) is 5.75 Å². The lowest BCUT2D eigenvalue weighted by molar-refractivity contribution is -0.275. The molecule has 1 rings (SSSR count). The fourth-order valence-electron chi connectivity index (χ4n) is 1.20. The molecule has 1 aromatic carbocycles. The maximum atomic E-state index is 12.2. The third-order valence-electron chi connectivity index (χ3n) is 1.84. The van der Waals surface area contributed by atoms with Crippen molar-refractivity contribution in [2.24, 2.45) is 0 Å². The van der Waals surface area contributed by atoms with Gasteiger partial charge in [0.25, 0.3) is 0 Å². The van der Waals surface area contributed by atoms with E-state index in [0.717, 1.165) is 12.1 Å². The number of rotatable bonds is 3. The molecule has 0 amide bonds. The summed E-state index contributed by atoms with van der Waals surface area (Å²) in [4.78, 5) is 10.6. The molecule has 1 unspecified atom stereocenters. The van der Waals surface area contributed by atoms with Crippen LogP contribution in [-0.4, -0.2) is 22.5 Å². The fraction of sp³-hybridized carbons (Fsp3) is 0.222. The van der Waals surface area contributed by atoms with Crippen molar-refractivity contribution in [2.45, 2.75) is 12.5 Å². The van der Waals surface area contributed by atoms with Crippen molar-refractivity contribution < 1.29 is 32.9 Å². The maximum absolute atomic E-state index is 12.2. The second-order valence-corrected chi connectivity index (χ2v) is 4.06. The van der Waals surface area contributed by atoms with Gasteiger partial charge in [-0.2, -0.15) is 0 Å². The van der Waals surface area contributed by atoms with E-state index in [9.17, 15) is 23.1 Å². The second kappa shape index (κ2) is 5.02. The third kappa shape index (κ3) is 3.50. The number of carboxylic acid groups (broad SMARTS) is 1. The van der Waals surface area contributed by atoms with Gasteiger partial charge in [-0.1, -0.05) is 0 Å². The molecule has 0 saturated heterocycles. The van der Waals surface area contributed by atoms with E-state index in [1.807, 2.05) is 0 Å². The van der Waals surface area contributed by atoms with Crippen molar-refractivity contribution in [2.75, 3.05) is 5.73 Å². The van der Waals surface area contributed by atoms with Crippen molar-refractivity contribution >= 4 is 27.6 Å². The van der Waals surface area contributed by atoms with Crippen LogP contribution in [0.1, 0.15) is 11.7 Å². The molecule has 0 bridgehead atoms. The zero-order chi connectivity index (χ0) is 14.1. The first kappa shape index (κ1) is 14.6. The lowest BCUT2D eigenvalue weighted by Gasteiger charge is -2.17. The summed E-state index contributed by atoms with van der Waals surface area (Å²) in [6, 6.07) is 1.99. The van der Waals surface area contributed by atoms with Crippen LogP contribution < -0.4 is 10.5 Å². The van der Waals surface area contributed by atoms with Gasteiger partial charge in [0.05, 0.1) is 4.47 Å². The Hall–Kier alpha value is -1.48. The van der Waals surface area contributed by atoms with Crippen LogP contribution in [0.25, 0.3) is 0 Å². The summed E-state index contributed by atoms with van der Waals surface area (Å²) < 4.78 is 39.9. The summed E-state index contributed by atoms with van der Waals surface area (Å²) >= 11 is 2.76. The average Bonchev–Trinajstić information content (AvgIpc) is 2.18. The van der Waals surface area contributed by atoms with E-state index in [0.29, 0.717) is 0 Å². The molecule has 0 saturated carbocycles. The molecular formula is C9H7BrF3NO4. The SMILES string of the molecule is Nc1cc(Br)c(OC(F)(F)F)c(C(O)C(=O)O)c1. The second-order valence-electron chi connectivity index (χ2n) is 3.21. The number of carboxylic acids is 1. The van der Waals surface area contributed by atoms with Crippen LogP contribution in [0.15, 0.2) is 16.6 Å². The van der Waals surface area contributed by atoms with E-state index in [-0.39, 0.29) is 10.2 Å². The van der Waals surface area contributed by atoms with Gasteiger partial charge >= 0.3 is 12.3 Å². The number of ether oxygens (including phenoxy) is 1. The molecule has 0 aliphatic rings. The van der Waals surface area contributed by atoms with Gasteiger partial charge < -0.3 is 20.7 Å². The maximum Gasteiger partial charge on any atom is 0.573 e. The average molecular weight is 330 g/mol. The number of benzene rings is 1. The monoisotopic (exact) mass is 329 g/mol. The Balaban J connectivity index is 3.34. The fourth-order valence-corrected chi connectivity index (χ4v) is 1.77. The highest BCUT2D eigenvalue weighted by Gasteiger charge is 2.35. The van der Waals surface area contributed by atoms with Crippen molar-refractivity contribution in [3.05, 3.63) is 22.2 Å². The topological polar surface area (TPSA) is 92.8 Å². The summed E-state index contributed by atoms with van der Waals surface area (Å²) in [5.74, 6) is -2.56. The molecule has 0 aliphatic carbocycles. The first-order valence-corrected chi connectivity index (χ1v) is 5.16. The highest BCUT2D eigenvalue weighted by Crippen LogP contribution is 2.38. The van der Waals surface area contributed by atoms with Gasteiger partial charge in [-0.05, 0) is 28.1 Å². The number of aliphatic carboxylic acids is 1. The van der Waals surface area contributed by atoms with E-state index >= 15 is 0 Å². The van der Waals surface area contributed by atoms with Crippen LogP contribution >= 0.6 is 15.9 Å². The van der Waals surface area contributed by atoms with Crippen LogP contribution in [0.2, 0.25) is 0 Å². The van der Waals surface area contributed by atoms with E-state index in [2.05, 4.69) is 20.7 Å². The minimum atomic E-state index is -5.02. The smallest absolute Gasteiger partial charge is 0.479 e. The quantitative estimate of drug-likeness (QED) is 0.738. The molecule has 0 spiro atoms. The number of hydrogen-bond acceptors (Lipinski definition) is 4. The van der Waals surface area contributed by atoms with Crippen molar-refractivity contribution in [1.82, 2.24) is 0 Å². The lowest BCUT2D eigenvalue weighted by Crippen LogP contribution is -2.21. The first-order chi connectivity index (χ1) is 8.11. The number of alkyl halides is 3. The number of aliphatic hydroxyl groups excluding tert-OH is 1. The number of nitrogen functional groups attached to an aromatic ring is 1. The molecular weight excluding hydrogens is 323 g/mol. The lowest BCUT2D eigenvalue weighted by atomic mass is 10.1. The van der Waals surface area contributed by atoms with Crippen LogP contribution in [0.3, 0.4) is 0 Å². The molecule has 0 radical (unpaired) electrons. The zero-order valence-corrected chi connectivity index (χ0v) is 10.1. The van der Waals surface area contributed by atoms with Gasteiger partial charge in [0.15, 0.2) is 6.10 Å². The number of hydrogen-bond donors (Lipinski definition) is 3. The number of carbonyl (C=O) groups is 1. The summed E-state index contributed by atoms with van der Waals surface area (Å²) in [5, 5.41) is 17.9. The Morgan fingerprint density at radius 3 is 2.44 bits per heavy atom. The molecule has 4 N–H and O–H groups in total. The summed E-state index contributed by atoms with van der Waals surface area (Å²) in [6.45, 7) is 0. The normalized spacial score (nSPS) is 13.2. The summed E-state index contributed by atoms with van der Waals surface area (Å²) in [6.07, 6.45) is -7.20. The molecule has 0 aromatic heterocycles. The van der Waals surface area contributed by atoms with Gasteiger partial charge in [0, 0.05) is 11.3 Å². The van der Waals surface area contributed by atoms with Crippen LogP contribution in [0, 0.1) is 0 Å². The van der Waals surface area contributed by atoms with Gasteiger partial charge in [0.2, 0.25) is 0 Å². The van der Waals surface area contributed by atoms with Gasteiger partial charge in [0.1, 0.15) is 5.75 Å². The molecule has 0 heterocycles. The molecule has 1 atom stereocenters. The van der Waals surface area contributed by atoms with Crippen molar-refractivity contribution in [3.63, 3.8) is 0 Å². The minimum absolute atomic E-state index is 0.0216. The van der Waals surface area contributed by atoms with Crippen LogP contribution in [0.4, 0.5) is 18.9 Å². The highest BCUT2D eigenvalue weighted by molar-refractivity contribution is 9.10. The predicted molar refractivity (Wildman–Crippen MR) is 57.8 cm³/mol. The van der Waals surface area contributed by atoms with Gasteiger partial charge in [-0.3, -0.25) is 0 Å². The molecule has 1 aromatic rings. The largest absolute Gasteiger partial charge is 0.573 e. The Bertz CT molecular complexity index is 478. The van der Waals surface area contributed by atoms with Crippen LogP contribution in [0.5, 0.6) is 5.75 Å². The Morgan fingerprint density at radius 1 is 1.44 bits per heavy atom. The Labute approximate surface area is 107 Å². The molecule has 5 nitrogen and oxygen atoms in total. The zero-order valence-electron chi connectivity index (χ0n) is 8.53. The van der Waals surface area contributed by atoms with E-state index in [1.54, 1.807) is 0 Å². The standard InChI is InChI=1S/C9H7BrF3NO4/c10-5-2-3(14)1-4(6(15)8(16)17)7(5)18-9(11,12)13/h1-2,6,15H,14H2,(H,16,17). The van der Waals surface area contributed by atoms with Gasteiger partial charge in [-0.25, -0.2) is 4.79 Å². The summed E-state index contributed by atoms with van der Waals surface area (Å²) in [7, 11) is 0. The molecule has 0 aliphatic heterocycles. The number of halogens is 4. The van der Waals surface area contributed by atoms with Crippen molar-refractivity contribution in [1.29, 1.82) is 0 Å². The number of aliphatic hydroxyl groups is 1. The predicted octanol–water partition coefficient (Wildman–Crippen LogP) is 2.05. The summed E-state index contributed by atoms with van der Waals surface area (Å²) in [5.41, 5.74) is 4.75. The Kier molecular flexibility index (Phi) is 4.07. The molecule has 100 valence electrons. The first-order valence-electron chi connectivity index (χ1n) is 4.37. The number of anilines is 1. The molecule has 9 heteroatoms. The van der Waals surface area contributed by atoms with E-state index < -0.39 is 29.7 Å². The van der Waals surface area contributed by atoms with E-state index in [1.165, 1.54) is 0 Å². The minimum Gasteiger partial charge on any atom is -0.479 e. The third-order valence-corrected chi connectivity index (χ3v) is 2.43. The van der Waals surface area contributed by atoms with Gasteiger partial charge in [-0.15, -0.1) is 13.2 Å². The highest BCUT2D eigenvalue weighted by atomic mass is 79.9. The molecule has 18 heavy (non-hydrogen) atoms. The number of nitrogens with two attached hydrogens (primary N) is 1. The molecule has 0 fully saturated rings. The van der Waals surface area contributed by atoms with E-state index in [4.69, 9.17) is 10.8 Å². The Morgan fingerprint density at radius 2 is 2.00 bits per heavy atom. The van der Waals surface area contributed by atoms with Crippen LogP contribution in [-0.2, 0) is 4.79 Å².